The number of pyridine rings is 1. The fourth-order valence-electron chi connectivity index (χ4n) is 2.24. The lowest BCUT2D eigenvalue weighted by Crippen LogP contribution is -2.03. The van der Waals surface area contributed by atoms with Crippen molar-refractivity contribution in [2.24, 2.45) is 7.05 Å². The molecule has 3 rings (SSSR count). The zero-order valence-corrected chi connectivity index (χ0v) is 13.1. The van der Waals surface area contributed by atoms with E-state index in [0.717, 1.165) is 51.9 Å². The Morgan fingerprint density at radius 2 is 2.19 bits per heavy atom. The molecule has 112 valence electrons. The van der Waals surface area contributed by atoms with Gasteiger partial charge in [0.05, 0.1) is 6.33 Å². The minimum Gasteiger partial charge on any atom is -0.385 e. The van der Waals surface area contributed by atoms with E-state index < -0.39 is 0 Å². The van der Waals surface area contributed by atoms with Gasteiger partial charge in [-0.1, -0.05) is 11.3 Å². The molecule has 3 aromatic heterocycles. The zero-order chi connectivity index (χ0) is 14.8. The highest BCUT2D eigenvalue weighted by atomic mass is 32.1. The Labute approximate surface area is 126 Å². The third-order valence-electron chi connectivity index (χ3n) is 3.25. The number of fused-ring (bicyclic) bond motifs is 3. The monoisotopic (exact) mass is 306 g/mol. The predicted octanol–water partition coefficient (Wildman–Crippen LogP) is 2.07. The van der Waals surface area contributed by atoms with Gasteiger partial charge in [0, 0.05) is 34.4 Å². The molecule has 0 unspecified atom stereocenters. The van der Waals surface area contributed by atoms with Crippen molar-refractivity contribution in [1.29, 1.82) is 0 Å². The Balaban J connectivity index is 2.00. The molecule has 3 heterocycles. The number of hydrogen-bond acceptors (Lipinski definition) is 7. The van der Waals surface area contributed by atoms with Crippen molar-refractivity contribution in [3.05, 3.63) is 6.33 Å². The Morgan fingerprint density at radius 3 is 2.95 bits per heavy atom. The van der Waals surface area contributed by atoms with E-state index in [-0.39, 0.29) is 0 Å². The molecule has 0 radical (unpaired) electrons. The van der Waals surface area contributed by atoms with Crippen LogP contribution in [0.5, 0.6) is 0 Å². The smallest absolute Gasteiger partial charge is 0.185 e. The van der Waals surface area contributed by atoms with Gasteiger partial charge in [-0.3, -0.25) is 0 Å². The summed E-state index contributed by atoms with van der Waals surface area (Å²) in [4.78, 5) is 14.6. The third kappa shape index (κ3) is 2.52. The van der Waals surface area contributed by atoms with Crippen molar-refractivity contribution in [2.45, 2.75) is 6.42 Å². The van der Waals surface area contributed by atoms with Gasteiger partial charge in [-0.05, 0) is 6.42 Å². The quantitative estimate of drug-likeness (QED) is 0.679. The van der Waals surface area contributed by atoms with Crippen LogP contribution in [0.25, 0.3) is 21.4 Å². The number of aromatic nitrogens is 4. The lowest BCUT2D eigenvalue weighted by atomic mass is 10.3. The number of methoxy groups -OCH3 is 1. The van der Waals surface area contributed by atoms with Gasteiger partial charge < -0.3 is 19.9 Å². The number of imidazole rings is 1. The number of anilines is 2. The standard InChI is InChI=1S/C13H18N6OS/c1-14-11-8-10(19(2)7-16-8)9-12(18-11)21-13(17-9)15-5-4-6-20-3/h7H,4-6H2,1-3H3,(H,14,18)(H,15,17). The van der Waals surface area contributed by atoms with Gasteiger partial charge in [0.15, 0.2) is 10.9 Å². The number of aryl methyl sites for hydroxylation is 1. The number of thiazole rings is 1. The van der Waals surface area contributed by atoms with Crippen molar-refractivity contribution in [2.75, 3.05) is 37.9 Å². The molecular formula is C13H18N6OS. The van der Waals surface area contributed by atoms with Crippen LogP contribution in [0.1, 0.15) is 6.42 Å². The first-order valence-corrected chi connectivity index (χ1v) is 7.58. The maximum Gasteiger partial charge on any atom is 0.185 e. The lowest BCUT2D eigenvalue weighted by Gasteiger charge is -2.01. The molecule has 3 aromatic rings. The first-order valence-electron chi connectivity index (χ1n) is 6.76. The average molecular weight is 306 g/mol. The molecule has 7 nitrogen and oxygen atoms in total. The largest absolute Gasteiger partial charge is 0.385 e. The molecular weight excluding hydrogens is 288 g/mol. The van der Waals surface area contributed by atoms with E-state index in [4.69, 9.17) is 4.74 Å². The van der Waals surface area contributed by atoms with Crippen molar-refractivity contribution in [1.82, 2.24) is 19.5 Å². The van der Waals surface area contributed by atoms with E-state index in [1.54, 1.807) is 24.8 Å². The van der Waals surface area contributed by atoms with Crippen LogP contribution >= 0.6 is 11.3 Å². The Kier molecular flexibility index (Phi) is 3.89. The van der Waals surface area contributed by atoms with Crippen molar-refractivity contribution < 1.29 is 4.74 Å². The van der Waals surface area contributed by atoms with Crippen LogP contribution in [0.15, 0.2) is 6.33 Å². The first-order chi connectivity index (χ1) is 10.2. The van der Waals surface area contributed by atoms with E-state index in [9.17, 15) is 0 Å². The highest BCUT2D eigenvalue weighted by Crippen LogP contribution is 2.32. The van der Waals surface area contributed by atoms with E-state index in [2.05, 4.69) is 25.6 Å². The Morgan fingerprint density at radius 1 is 1.33 bits per heavy atom. The molecule has 0 aliphatic carbocycles. The van der Waals surface area contributed by atoms with E-state index >= 15 is 0 Å². The summed E-state index contributed by atoms with van der Waals surface area (Å²) in [5.41, 5.74) is 2.75. The van der Waals surface area contributed by atoms with Gasteiger partial charge in [0.25, 0.3) is 0 Å². The van der Waals surface area contributed by atoms with E-state index in [1.807, 2.05) is 18.7 Å². The Hall–Kier alpha value is -1.93. The first kappa shape index (κ1) is 14.0. The second-order valence-electron chi connectivity index (χ2n) is 4.71. The minimum absolute atomic E-state index is 0.742. The van der Waals surface area contributed by atoms with Crippen LogP contribution in [0.4, 0.5) is 10.9 Å². The van der Waals surface area contributed by atoms with Gasteiger partial charge in [0.1, 0.15) is 21.4 Å². The van der Waals surface area contributed by atoms with Crippen molar-refractivity contribution >= 4 is 43.7 Å². The van der Waals surface area contributed by atoms with Crippen molar-refractivity contribution in [3.8, 4) is 0 Å². The van der Waals surface area contributed by atoms with Crippen LogP contribution in [-0.2, 0) is 11.8 Å². The zero-order valence-electron chi connectivity index (χ0n) is 12.3. The fourth-order valence-corrected chi connectivity index (χ4v) is 3.11. The summed E-state index contributed by atoms with van der Waals surface area (Å²) in [6.45, 7) is 1.58. The topological polar surface area (TPSA) is 76.9 Å². The predicted molar refractivity (Wildman–Crippen MR) is 86.2 cm³/mol. The normalized spacial score (nSPS) is 11.4. The third-order valence-corrected chi connectivity index (χ3v) is 4.15. The van der Waals surface area contributed by atoms with Crippen LogP contribution in [0.2, 0.25) is 0 Å². The number of nitrogens with one attached hydrogen (secondary N) is 2. The van der Waals surface area contributed by atoms with Gasteiger partial charge in [0.2, 0.25) is 0 Å². The highest BCUT2D eigenvalue weighted by molar-refractivity contribution is 7.21. The highest BCUT2D eigenvalue weighted by Gasteiger charge is 2.16. The molecule has 0 aromatic carbocycles. The van der Waals surface area contributed by atoms with E-state index in [1.165, 1.54) is 0 Å². The van der Waals surface area contributed by atoms with Gasteiger partial charge in [-0.25, -0.2) is 15.0 Å². The molecule has 0 saturated carbocycles. The molecule has 0 spiro atoms. The molecule has 21 heavy (non-hydrogen) atoms. The molecule has 0 atom stereocenters. The maximum atomic E-state index is 5.04. The van der Waals surface area contributed by atoms with Crippen LogP contribution in [0.3, 0.4) is 0 Å². The number of ether oxygens (including phenoxy) is 1. The summed E-state index contributed by atoms with van der Waals surface area (Å²) in [6.07, 6.45) is 2.74. The Bertz CT molecular complexity index is 765. The lowest BCUT2D eigenvalue weighted by molar-refractivity contribution is 0.198. The van der Waals surface area contributed by atoms with E-state index in [0.29, 0.717) is 0 Å². The van der Waals surface area contributed by atoms with Crippen LogP contribution in [0, 0.1) is 0 Å². The number of hydrogen-bond donors (Lipinski definition) is 2. The summed E-state index contributed by atoms with van der Waals surface area (Å²) < 4.78 is 7.02. The molecule has 0 amide bonds. The molecule has 2 N–H and O–H groups in total. The molecule has 0 fully saturated rings. The van der Waals surface area contributed by atoms with Gasteiger partial charge >= 0.3 is 0 Å². The van der Waals surface area contributed by atoms with Crippen LogP contribution in [-0.4, -0.2) is 46.8 Å². The SMILES string of the molecule is CNc1nc2sc(NCCCOC)nc2c2c1ncn2C. The minimum atomic E-state index is 0.742. The summed E-state index contributed by atoms with van der Waals surface area (Å²) in [5, 5.41) is 7.30. The fraction of sp³-hybridized carbons (Fsp3) is 0.462. The van der Waals surface area contributed by atoms with Gasteiger partial charge in [-0.15, -0.1) is 0 Å². The molecule has 0 aliphatic heterocycles. The van der Waals surface area contributed by atoms with Crippen molar-refractivity contribution in [3.63, 3.8) is 0 Å². The number of nitrogens with zero attached hydrogens (tertiary/aromatic N) is 4. The molecule has 0 bridgehead atoms. The second-order valence-corrected chi connectivity index (χ2v) is 5.69. The number of rotatable bonds is 6. The summed E-state index contributed by atoms with van der Waals surface area (Å²) in [7, 11) is 5.53. The van der Waals surface area contributed by atoms with Crippen LogP contribution < -0.4 is 10.6 Å². The molecule has 0 saturated heterocycles. The van der Waals surface area contributed by atoms with Gasteiger partial charge in [-0.2, -0.15) is 0 Å². The molecule has 0 aliphatic rings. The maximum absolute atomic E-state index is 5.04. The summed E-state index contributed by atoms with van der Waals surface area (Å²) in [5.74, 6) is 0.785. The second kappa shape index (κ2) is 5.82. The molecule has 8 heteroatoms. The summed E-state index contributed by atoms with van der Waals surface area (Å²) >= 11 is 1.56. The average Bonchev–Trinajstić information content (AvgIpc) is 3.06. The summed E-state index contributed by atoms with van der Waals surface area (Å²) in [6, 6.07) is 0.